The number of anilines is 1. The van der Waals surface area contributed by atoms with Crippen LogP contribution in [0.3, 0.4) is 0 Å². The zero-order chi connectivity index (χ0) is 22.7. The Morgan fingerprint density at radius 2 is 1.59 bits per heavy atom. The first-order valence-electron chi connectivity index (χ1n) is 8.52. The summed E-state index contributed by atoms with van der Waals surface area (Å²) in [5, 5.41) is 3.73. The number of nitrogens with zero attached hydrogens (tertiary/aromatic N) is 4. The lowest BCUT2D eigenvalue weighted by atomic mass is 9.94. The van der Waals surface area contributed by atoms with Gasteiger partial charge >= 0.3 is 14.4 Å². The molecule has 29 heavy (non-hydrogen) atoms. The zero-order valence-electron chi connectivity index (χ0n) is 16.8. The van der Waals surface area contributed by atoms with Crippen LogP contribution in [0.4, 0.5) is 19.1 Å². The average molecular weight is 475 g/mol. The van der Waals surface area contributed by atoms with Gasteiger partial charge in [0.05, 0.1) is 5.69 Å². The molecule has 0 atom stereocenters. The molecule has 2 aromatic rings. The van der Waals surface area contributed by atoms with Crippen LogP contribution in [-0.4, -0.2) is 37.3 Å². The number of alkyl halides is 3. The Labute approximate surface area is 177 Å². The second-order valence-corrected chi connectivity index (χ2v) is 10.7. The van der Waals surface area contributed by atoms with Gasteiger partial charge in [-0.05, 0) is 29.0 Å². The van der Waals surface area contributed by atoms with Crippen LogP contribution >= 0.6 is 21.4 Å². The van der Waals surface area contributed by atoms with Crippen molar-refractivity contribution in [1.29, 1.82) is 0 Å². The molecule has 0 N–H and O–H groups in total. The number of hydrogen-bond donors (Lipinski definition) is 0. The second-order valence-electron chi connectivity index (χ2n) is 7.05. The second kappa shape index (κ2) is 9.53. The van der Waals surface area contributed by atoms with Crippen molar-refractivity contribution in [1.82, 2.24) is 14.8 Å². The Balaban J connectivity index is 0.000000749. The molecule has 12 heteroatoms. The molecule has 2 rings (SSSR count). The third-order valence-corrected chi connectivity index (χ3v) is 3.81. The van der Waals surface area contributed by atoms with Gasteiger partial charge in [0.25, 0.3) is 5.82 Å². The molecular formula is C17H23Cl2F3N4O2S. The van der Waals surface area contributed by atoms with Crippen molar-refractivity contribution in [3.8, 4) is 5.69 Å². The Morgan fingerprint density at radius 1 is 1.07 bits per heavy atom. The first-order valence-corrected chi connectivity index (χ1v) is 11.7. The van der Waals surface area contributed by atoms with Gasteiger partial charge in [0, 0.05) is 35.5 Å². The number of benzene rings is 1. The van der Waals surface area contributed by atoms with E-state index >= 15 is 0 Å². The quantitative estimate of drug-likeness (QED) is 0.561. The standard InChI is InChI=1S/C17H23F3N4.Cl2O2S/c1-10(2)12-7-8-14(13(9-12)11(3)4)24-16(23(5)6)21-15(22-24)17(18,19)20;1-5(2,3)4/h7-11H,1-6H3;. The maximum absolute atomic E-state index is 13.0. The summed E-state index contributed by atoms with van der Waals surface area (Å²) in [5.41, 5.74) is 2.72. The molecule has 0 spiro atoms. The lowest BCUT2D eigenvalue weighted by Crippen LogP contribution is -2.16. The molecule has 0 saturated heterocycles. The molecule has 0 unspecified atom stereocenters. The summed E-state index contributed by atoms with van der Waals surface area (Å²) in [6, 6.07) is 5.80. The monoisotopic (exact) mass is 474 g/mol. The van der Waals surface area contributed by atoms with Crippen molar-refractivity contribution in [2.24, 2.45) is 0 Å². The van der Waals surface area contributed by atoms with Crippen LogP contribution < -0.4 is 4.90 Å². The Bertz CT molecular complexity index is 935. The first kappa shape index (κ1) is 25.5. The Kier molecular flexibility index (Phi) is 8.38. The SMILES string of the molecule is CC(C)c1ccc(-n2nc(C(F)(F)F)nc2N(C)C)c(C(C)C)c1.O=S(=O)(Cl)Cl. The van der Waals surface area contributed by atoms with Crippen molar-refractivity contribution in [2.75, 3.05) is 19.0 Å². The third-order valence-electron chi connectivity index (χ3n) is 3.81. The minimum absolute atomic E-state index is 0.146. The van der Waals surface area contributed by atoms with Crippen molar-refractivity contribution in [3.05, 3.63) is 35.2 Å². The summed E-state index contributed by atoms with van der Waals surface area (Å²) >= 11 is 0. The summed E-state index contributed by atoms with van der Waals surface area (Å²) < 4.78 is 58.7. The molecule has 0 aliphatic rings. The largest absolute Gasteiger partial charge is 0.453 e. The fourth-order valence-corrected chi connectivity index (χ4v) is 2.46. The maximum Gasteiger partial charge on any atom is 0.453 e. The molecule has 164 valence electrons. The molecular weight excluding hydrogens is 452 g/mol. The number of rotatable bonds is 4. The minimum Gasteiger partial charge on any atom is -0.347 e. The summed E-state index contributed by atoms with van der Waals surface area (Å²) in [5.74, 6) is -0.492. The molecule has 0 amide bonds. The van der Waals surface area contributed by atoms with E-state index in [1.54, 1.807) is 14.1 Å². The van der Waals surface area contributed by atoms with Gasteiger partial charge in [-0.15, -0.1) is 5.10 Å². The smallest absolute Gasteiger partial charge is 0.347 e. The van der Waals surface area contributed by atoms with Crippen molar-refractivity contribution in [3.63, 3.8) is 0 Å². The molecule has 0 aliphatic heterocycles. The van der Waals surface area contributed by atoms with Gasteiger partial charge < -0.3 is 4.90 Å². The molecule has 6 nitrogen and oxygen atoms in total. The predicted octanol–water partition coefficient (Wildman–Crippen LogP) is 5.31. The van der Waals surface area contributed by atoms with Crippen LogP contribution in [0.1, 0.15) is 56.5 Å². The van der Waals surface area contributed by atoms with Crippen LogP contribution in [0.15, 0.2) is 18.2 Å². The molecule has 1 aromatic heterocycles. The average Bonchev–Trinajstić information content (AvgIpc) is 2.98. The van der Waals surface area contributed by atoms with Gasteiger partial charge in [-0.2, -0.15) is 31.3 Å². The van der Waals surface area contributed by atoms with Crippen LogP contribution in [0, 0.1) is 0 Å². The lowest BCUT2D eigenvalue weighted by Gasteiger charge is -2.19. The van der Waals surface area contributed by atoms with Crippen molar-refractivity contribution >= 4 is 35.6 Å². The number of halogens is 5. The van der Waals surface area contributed by atoms with Gasteiger partial charge in [0.15, 0.2) is 0 Å². The van der Waals surface area contributed by atoms with Crippen molar-refractivity contribution < 1.29 is 21.6 Å². The van der Waals surface area contributed by atoms with E-state index in [0.717, 1.165) is 11.1 Å². The van der Waals surface area contributed by atoms with E-state index in [-0.39, 0.29) is 11.9 Å². The Hall–Kier alpha value is -1.52. The summed E-state index contributed by atoms with van der Waals surface area (Å²) in [6.45, 7) is 8.20. The number of aromatic nitrogens is 3. The molecule has 1 heterocycles. The third kappa shape index (κ3) is 7.67. The van der Waals surface area contributed by atoms with Gasteiger partial charge in [-0.3, -0.25) is 0 Å². The number of hydrogen-bond acceptors (Lipinski definition) is 5. The fraction of sp³-hybridized carbons (Fsp3) is 0.529. The Morgan fingerprint density at radius 3 is 1.97 bits per heavy atom. The zero-order valence-corrected chi connectivity index (χ0v) is 19.1. The van der Waals surface area contributed by atoms with E-state index < -0.39 is 20.3 Å². The fourth-order valence-electron chi connectivity index (χ4n) is 2.46. The lowest BCUT2D eigenvalue weighted by molar-refractivity contribution is -0.144. The summed E-state index contributed by atoms with van der Waals surface area (Å²) in [4.78, 5) is 5.20. The summed E-state index contributed by atoms with van der Waals surface area (Å²) in [6.07, 6.45) is -4.58. The van der Waals surface area contributed by atoms with E-state index in [1.807, 2.05) is 32.0 Å². The van der Waals surface area contributed by atoms with E-state index in [2.05, 4.69) is 45.3 Å². The predicted molar refractivity (Wildman–Crippen MR) is 109 cm³/mol. The highest BCUT2D eigenvalue weighted by Gasteiger charge is 2.38. The van der Waals surface area contributed by atoms with Gasteiger partial charge in [-0.1, -0.05) is 39.8 Å². The van der Waals surface area contributed by atoms with Gasteiger partial charge in [0.1, 0.15) is 0 Å². The highest BCUT2D eigenvalue weighted by Crippen LogP contribution is 2.32. The molecule has 0 saturated carbocycles. The summed E-state index contributed by atoms with van der Waals surface area (Å²) in [7, 11) is 8.12. The molecule has 0 radical (unpaired) electrons. The van der Waals surface area contributed by atoms with Crippen LogP contribution in [-0.2, 0) is 14.4 Å². The van der Waals surface area contributed by atoms with Crippen LogP contribution in [0.5, 0.6) is 0 Å². The van der Waals surface area contributed by atoms with E-state index in [1.165, 1.54) is 9.58 Å². The topological polar surface area (TPSA) is 68.1 Å². The molecule has 0 bridgehead atoms. The highest BCUT2D eigenvalue weighted by molar-refractivity contribution is 8.31. The van der Waals surface area contributed by atoms with Crippen LogP contribution in [0.25, 0.3) is 5.69 Å². The maximum atomic E-state index is 13.0. The van der Waals surface area contributed by atoms with Crippen LogP contribution in [0.2, 0.25) is 0 Å². The van der Waals surface area contributed by atoms with Gasteiger partial charge in [0.2, 0.25) is 5.95 Å². The van der Waals surface area contributed by atoms with E-state index in [0.29, 0.717) is 11.6 Å². The highest BCUT2D eigenvalue weighted by atomic mass is 36.0. The van der Waals surface area contributed by atoms with Crippen molar-refractivity contribution in [2.45, 2.75) is 45.7 Å². The molecule has 1 aromatic carbocycles. The molecule has 0 aliphatic carbocycles. The molecule has 0 fully saturated rings. The van der Waals surface area contributed by atoms with E-state index in [9.17, 15) is 13.2 Å². The first-order chi connectivity index (χ1) is 13.0. The van der Waals surface area contributed by atoms with E-state index in [4.69, 9.17) is 8.42 Å². The van der Waals surface area contributed by atoms with Gasteiger partial charge in [-0.25, -0.2) is 0 Å². The normalized spacial score (nSPS) is 12.2. The minimum atomic E-state index is -4.58.